The molecule has 0 radical (unpaired) electrons. The second-order valence-electron chi connectivity index (χ2n) is 8.22. The number of ether oxygens (including phenoxy) is 2. The van der Waals surface area contributed by atoms with Gasteiger partial charge in [0.2, 0.25) is 11.8 Å². The van der Waals surface area contributed by atoms with Gasteiger partial charge in [0.05, 0.1) is 20.6 Å². The molecule has 0 aliphatic heterocycles. The Hall–Kier alpha value is -3.51. The molecule has 0 saturated carbocycles. The summed E-state index contributed by atoms with van der Waals surface area (Å²) in [5.41, 5.74) is 2.80. The van der Waals surface area contributed by atoms with E-state index in [-0.39, 0.29) is 24.8 Å². The third kappa shape index (κ3) is 7.49. The van der Waals surface area contributed by atoms with E-state index < -0.39 is 6.04 Å². The molecule has 184 valence electrons. The van der Waals surface area contributed by atoms with E-state index in [1.54, 1.807) is 50.3 Å². The normalized spacial score (nSPS) is 11.4. The molecule has 2 amide bonds. The molecule has 0 saturated heterocycles. The highest BCUT2D eigenvalue weighted by atomic mass is 35.5. The van der Waals surface area contributed by atoms with Crippen molar-refractivity contribution in [1.82, 2.24) is 10.2 Å². The first-order valence-corrected chi connectivity index (χ1v) is 11.9. The Morgan fingerprint density at radius 2 is 1.54 bits per heavy atom. The van der Waals surface area contributed by atoms with Crippen molar-refractivity contribution in [2.24, 2.45) is 0 Å². The summed E-state index contributed by atoms with van der Waals surface area (Å²) in [6.45, 7) is 2.53. The number of rotatable bonds is 11. The number of nitrogens with zero attached hydrogens (tertiary/aromatic N) is 1. The molecule has 3 rings (SSSR count). The first-order chi connectivity index (χ1) is 16.9. The maximum absolute atomic E-state index is 13.4. The van der Waals surface area contributed by atoms with Crippen molar-refractivity contribution < 1.29 is 19.1 Å². The molecule has 7 heteroatoms. The molecule has 0 unspecified atom stereocenters. The lowest BCUT2D eigenvalue weighted by Gasteiger charge is -2.29. The molecular formula is C28H31ClN2O4. The van der Waals surface area contributed by atoms with Gasteiger partial charge in [0.25, 0.3) is 0 Å². The number of carbonyl (C=O) groups excluding carboxylic acids is 2. The molecule has 1 N–H and O–H groups in total. The van der Waals surface area contributed by atoms with Crippen LogP contribution in [0.15, 0.2) is 72.8 Å². The average molecular weight is 495 g/mol. The third-order valence-corrected chi connectivity index (χ3v) is 6.04. The fourth-order valence-electron chi connectivity index (χ4n) is 3.76. The molecule has 3 aromatic carbocycles. The second kappa shape index (κ2) is 12.8. The van der Waals surface area contributed by atoms with Gasteiger partial charge >= 0.3 is 0 Å². The van der Waals surface area contributed by atoms with Crippen molar-refractivity contribution in [3.05, 3.63) is 94.5 Å². The van der Waals surface area contributed by atoms with Crippen LogP contribution in [-0.4, -0.2) is 43.5 Å². The van der Waals surface area contributed by atoms with Gasteiger partial charge in [-0.2, -0.15) is 0 Å². The molecule has 35 heavy (non-hydrogen) atoms. The average Bonchev–Trinajstić information content (AvgIpc) is 2.88. The highest BCUT2D eigenvalue weighted by Crippen LogP contribution is 2.28. The maximum Gasteiger partial charge on any atom is 0.242 e. The van der Waals surface area contributed by atoms with Crippen molar-refractivity contribution in [2.75, 3.05) is 20.8 Å². The van der Waals surface area contributed by atoms with Crippen LogP contribution in [0.1, 0.15) is 23.6 Å². The van der Waals surface area contributed by atoms with E-state index in [0.29, 0.717) is 23.1 Å². The SMILES string of the molecule is COc1ccc(CC(=O)N(Cc2ccc(Cl)cc2)[C@H](C)C(=O)NCCc2ccccc2)cc1OC. The fourth-order valence-corrected chi connectivity index (χ4v) is 3.88. The molecule has 0 bridgehead atoms. The predicted molar refractivity (Wildman–Crippen MR) is 138 cm³/mol. The van der Waals surface area contributed by atoms with Gasteiger partial charge in [-0.05, 0) is 54.3 Å². The number of hydrogen-bond acceptors (Lipinski definition) is 4. The van der Waals surface area contributed by atoms with E-state index in [0.717, 1.165) is 23.1 Å². The summed E-state index contributed by atoms with van der Waals surface area (Å²) in [7, 11) is 3.12. The zero-order chi connectivity index (χ0) is 25.2. The Morgan fingerprint density at radius 1 is 0.886 bits per heavy atom. The first-order valence-electron chi connectivity index (χ1n) is 11.5. The lowest BCUT2D eigenvalue weighted by Crippen LogP contribution is -2.48. The van der Waals surface area contributed by atoms with Gasteiger partial charge in [0.15, 0.2) is 11.5 Å². The van der Waals surface area contributed by atoms with Gasteiger partial charge in [-0.3, -0.25) is 9.59 Å². The van der Waals surface area contributed by atoms with Crippen molar-refractivity contribution in [1.29, 1.82) is 0 Å². The molecule has 0 spiro atoms. The molecular weight excluding hydrogens is 464 g/mol. The Labute approximate surface area is 211 Å². The third-order valence-electron chi connectivity index (χ3n) is 5.79. The quantitative estimate of drug-likeness (QED) is 0.420. The predicted octanol–water partition coefficient (Wildman–Crippen LogP) is 4.68. The number of nitrogens with one attached hydrogen (secondary N) is 1. The molecule has 6 nitrogen and oxygen atoms in total. The fraction of sp³-hybridized carbons (Fsp3) is 0.286. The van der Waals surface area contributed by atoms with E-state index in [9.17, 15) is 9.59 Å². The van der Waals surface area contributed by atoms with E-state index >= 15 is 0 Å². The number of hydrogen-bond donors (Lipinski definition) is 1. The zero-order valence-corrected chi connectivity index (χ0v) is 21.0. The summed E-state index contributed by atoms with van der Waals surface area (Å²) in [4.78, 5) is 28.0. The lowest BCUT2D eigenvalue weighted by atomic mass is 10.1. The summed E-state index contributed by atoms with van der Waals surface area (Å²) in [6.07, 6.45) is 0.839. The van der Waals surface area contributed by atoms with Crippen LogP contribution in [0.4, 0.5) is 0 Å². The van der Waals surface area contributed by atoms with Gasteiger partial charge in [0.1, 0.15) is 6.04 Å². The molecule has 0 heterocycles. The highest BCUT2D eigenvalue weighted by molar-refractivity contribution is 6.30. The molecule has 1 atom stereocenters. The number of methoxy groups -OCH3 is 2. The minimum absolute atomic E-state index is 0.121. The summed E-state index contributed by atoms with van der Waals surface area (Å²) in [6, 6.07) is 21.9. The monoisotopic (exact) mass is 494 g/mol. The topological polar surface area (TPSA) is 67.9 Å². The van der Waals surface area contributed by atoms with Crippen LogP contribution in [-0.2, 0) is 29.0 Å². The van der Waals surface area contributed by atoms with Crippen LogP contribution in [0, 0.1) is 0 Å². The largest absolute Gasteiger partial charge is 0.493 e. The molecule has 0 aliphatic rings. The minimum Gasteiger partial charge on any atom is -0.493 e. The van der Waals surface area contributed by atoms with Crippen molar-refractivity contribution in [3.63, 3.8) is 0 Å². The van der Waals surface area contributed by atoms with Crippen molar-refractivity contribution in [3.8, 4) is 11.5 Å². The highest BCUT2D eigenvalue weighted by Gasteiger charge is 2.26. The van der Waals surface area contributed by atoms with Crippen molar-refractivity contribution >= 4 is 23.4 Å². The zero-order valence-electron chi connectivity index (χ0n) is 20.3. The van der Waals surface area contributed by atoms with Crippen LogP contribution in [0.2, 0.25) is 5.02 Å². The van der Waals surface area contributed by atoms with Crippen LogP contribution in [0.3, 0.4) is 0 Å². The molecule has 0 fully saturated rings. The smallest absolute Gasteiger partial charge is 0.242 e. The van der Waals surface area contributed by atoms with Crippen LogP contribution < -0.4 is 14.8 Å². The lowest BCUT2D eigenvalue weighted by molar-refractivity contribution is -0.140. The van der Waals surface area contributed by atoms with Gasteiger partial charge in [-0.15, -0.1) is 0 Å². The number of carbonyl (C=O) groups is 2. The Balaban J connectivity index is 1.73. The van der Waals surface area contributed by atoms with E-state index in [1.165, 1.54) is 0 Å². The standard InChI is InChI=1S/C28H31ClN2O4/c1-20(28(33)30-16-15-21-7-5-4-6-8-21)31(19-22-9-12-24(29)13-10-22)27(32)18-23-11-14-25(34-2)26(17-23)35-3/h4-14,17,20H,15-16,18-19H2,1-3H3,(H,30,33)/t20-/m1/s1. The molecule has 3 aromatic rings. The van der Waals surface area contributed by atoms with Crippen LogP contribution in [0.25, 0.3) is 0 Å². The van der Waals surface area contributed by atoms with Crippen LogP contribution >= 0.6 is 11.6 Å². The van der Waals surface area contributed by atoms with E-state index in [2.05, 4.69) is 5.32 Å². The van der Waals surface area contributed by atoms with Gasteiger partial charge in [-0.25, -0.2) is 0 Å². The Kier molecular flexibility index (Phi) is 9.56. The summed E-state index contributed by atoms with van der Waals surface area (Å²) < 4.78 is 10.7. The maximum atomic E-state index is 13.4. The van der Waals surface area contributed by atoms with Crippen molar-refractivity contribution in [2.45, 2.75) is 32.4 Å². The van der Waals surface area contributed by atoms with Gasteiger partial charge in [0, 0.05) is 18.1 Å². The first kappa shape index (κ1) is 26.1. The van der Waals surface area contributed by atoms with E-state index in [4.69, 9.17) is 21.1 Å². The van der Waals surface area contributed by atoms with Gasteiger partial charge in [-0.1, -0.05) is 60.1 Å². The second-order valence-corrected chi connectivity index (χ2v) is 8.65. The molecule has 0 aliphatic carbocycles. The minimum atomic E-state index is -0.658. The Morgan fingerprint density at radius 3 is 2.20 bits per heavy atom. The van der Waals surface area contributed by atoms with Crippen LogP contribution in [0.5, 0.6) is 11.5 Å². The number of benzene rings is 3. The summed E-state index contributed by atoms with van der Waals surface area (Å²) in [5, 5.41) is 3.58. The number of amides is 2. The Bertz CT molecular complexity index is 1120. The molecule has 0 aromatic heterocycles. The number of halogens is 1. The van der Waals surface area contributed by atoms with E-state index in [1.807, 2.05) is 48.5 Å². The summed E-state index contributed by atoms with van der Waals surface area (Å²) >= 11 is 6.03. The summed E-state index contributed by atoms with van der Waals surface area (Å²) in [5.74, 6) is 0.773. The van der Waals surface area contributed by atoms with Gasteiger partial charge < -0.3 is 19.7 Å².